The summed E-state index contributed by atoms with van der Waals surface area (Å²) in [6.07, 6.45) is 2.14. The summed E-state index contributed by atoms with van der Waals surface area (Å²) in [7, 11) is 0. The molecule has 0 unspecified atom stereocenters. The van der Waals surface area contributed by atoms with Gasteiger partial charge in [-0.15, -0.1) is 0 Å². The van der Waals surface area contributed by atoms with E-state index >= 15 is 0 Å². The molecule has 0 aromatic heterocycles. The molecule has 1 amide bonds. The van der Waals surface area contributed by atoms with E-state index in [1.54, 1.807) is 0 Å². The van der Waals surface area contributed by atoms with Crippen molar-refractivity contribution in [3.8, 4) is 0 Å². The molecule has 0 radical (unpaired) electrons. The topological polar surface area (TPSA) is 38.3 Å². The van der Waals surface area contributed by atoms with Crippen molar-refractivity contribution in [1.82, 2.24) is 5.32 Å². The van der Waals surface area contributed by atoms with Gasteiger partial charge in [0.05, 0.1) is 13.2 Å². The number of hydrogen-bond acceptors (Lipinski definition) is 2. The first-order chi connectivity index (χ1) is 9.10. The van der Waals surface area contributed by atoms with Gasteiger partial charge in [0.25, 0.3) is 5.91 Å². The zero-order valence-electron chi connectivity index (χ0n) is 11.6. The molecule has 1 aliphatic heterocycles. The molecule has 1 aliphatic carbocycles. The molecule has 1 saturated carbocycles. The van der Waals surface area contributed by atoms with Crippen LogP contribution in [0.15, 0.2) is 24.3 Å². The molecule has 0 atom stereocenters. The van der Waals surface area contributed by atoms with Crippen LogP contribution in [0.1, 0.15) is 48.5 Å². The lowest BCUT2D eigenvalue weighted by Gasteiger charge is -2.53. The summed E-state index contributed by atoms with van der Waals surface area (Å²) in [5.41, 5.74) is 2.35. The minimum Gasteiger partial charge on any atom is -0.380 e. The zero-order valence-corrected chi connectivity index (χ0v) is 11.6. The lowest BCUT2D eigenvalue weighted by molar-refractivity contribution is -0.165. The van der Waals surface area contributed by atoms with Crippen LogP contribution in [0, 0.1) is 5.41 Å². The number of nitrogens with one attached hydrogen (secondary N) is 1. The monoisotopic (exact) mass is 259 g/mol. The molecule has 1 aromatic carbocycles. The molecule has 1 spiro atoms. The molecule has 1 N–H and O–H groups in total. The van der Waals surface area contributed by atoms with Crippen LogP contribution >= 0.6 is 0 Å². The molecule has 19 heavy (non-hydrogen) atoms. The highest BCUT2D eigenvalue weighted by molar-refractivity contribution is 5.96. The third-order valence-electron chi connectivity index (χ3n) is 4.34. The van der Waals surface area contributed by atoms with E-state index in [9.17, 15) is 4.79 Å². The second kappa shape index (κ2) is 4.64. The Morgan fingerprint density at radius 1 is 1.32 bits per heavy atom. The van der Waals surface area contributed by atoms with Gasteiger partial charge in [-0.05, 0) is 30.4 Å². The van der Waals surface area contributed by atoms with Gasteiger partial charge in [0.1, 0.15) is 0 Å². The first-order valence-electron chi connectivity index (χ1n) is 7.07. The molecule has 1 saturated heterocycles. The fourth-order valence-electron chi connectivity index (χ4n) is 3.18. The second-order valence-corrected chi connectivity index (χ2v) is 6.31. The Hall–Kier alpha value is -1.35. The average molecular weight is 259 g/mol. The standard InChI is InChI=1S/C16H21NO2/c1-11(2)13-5-3-4-6-14(13)15(18)17-12-7-16(8-12)9-19-10-16/h3-6,11-12H,7-10H2,1-2H3,(H,17,18). The van der Waals surface area contributed by atoms with Crippen LogP contribution in [0.2, 0.25) is 0 Å². The van der Waals surface area contributed by atoms with Gasteiger partial charge in [0.15, 0.2) is 0 Å². The number of rotatable bonds is 3. The number of hydrogen-bond donors (Lipinski definition) is 1. The SMILES string of the molecule is CC(C)c1ccccc1C(=O)NC1CC2(COC2)C1. The summed E-state index contributed by atoms with van der Waals surface area (Å²) in [5, 5.41) is 3.16. The second-order valence-electron chi connectivity index (χ2n) is 6.31. The fourth-order valence-corrected chi connectivity index (χ4v) is 3.18. The van der Waals surface area contributed by atoms with Crippen LogP contribution in [0.3, 0.4) is 0 Å². The fraction of sp³-hybridized carbons (Fsp3) is 0.562. The Bertz CT molecular complexity index is 483. The van der Waals surface area contributed by atoms with Gasteiger partial charge in [0.2, 0.25) is 0 Å². The smallest absolute Gasteiger partial charge is 0.251 e. The first kappa shape index (κ1) is 12.7. The lowest BCUT2D eigenvalue weighted by atomic mass is 9.64. The van der Waals surface area contributed by atoms with Crippen molar-refractivity contribution in [3.63, 3.8) is 0 Å². The highest BCUT2D eigenvalue weighted by Gasteiger charge is 2.50. The van der Waals surface area contributed by atoms with Gasteiger partial charge >= 0.3 is 0 Å². The maximum absolute atomic E-state index is 12.3. The van der Waals surface area contributed by atoms with E-state index in [2.05, 4.69) is 19.2 Å². The third-order valence-corrected chi connectivity index (χ3v) is 4.34. The minimum absolute atomic E-state index is 0.0735. The molecule has 3 rings (SSSR count). The van der Waals surface area contributed by atoms with Crippen molar-refractivity contribution in [1.29, 1.82) is 0 Å². The molecule has 3 nitrogen and oxygen atoms in total. The van der Waals surface area contributed by atoms with E-state index in [1.165, 1.54) is 0 Å². The van der Waals surface area contributed by atoms with Gasteiger partial charge in [-0.2, -0.15) is 0 Å². The van der Waals surface area contributed by atoms with Crippen LogP contribution in [0.25, 0.3) is 0 Å². The van der Waals surface area contributed by atoms with E-state index < -0.39 is 0 Å². The van der Waals surface area contributed by atoms with E-state index in [-0.39, 0.29) is 5.91 Å². The van der Waals surface area contributed by atoms with Crippen molar-refractivity contribution in [2.45, 2.75) is 38.6 Å². The summed E-state index contributed by atoms with van der Waals surface area (Å²) in [6.45, 7) is 6.00. The summed E-state index contributed by atoms with van der Waals surface area (Å²) in [6, 6.07) is 8.23. The number of amides is 1. The van der Waals surface area contributed by atoms with Crippen molar-refractivity contribution >= 4 is 5.91 Å². The van der Waals surface area contributed by atoms with E-state index in [0.29, 0.717) is 17.4 Å². The van der Waals surface area contributed by atoms with E-state index in [4.69, 9.17) is 4.74 Å². The normalized spacial score (nSPS) is 21.0. The Balaban J connectivity index is 1.64. The predicted molar refractivity (Wildman–Crippen MR) is 74.3 cm³/mol. The number of benzene rings is 1. The van der Waals surface area contributed by atoms with Gasteiger partial charge in [-0.3, -0.25) is 4.79 Å². The van der Waals surface area contributed by atoms with Crippen LogP contribution in [-0.2, 0) is 4.74 Å². The van der Waals surface area contributed by atoms with Crippen molar-refractivity contribution in [2.75, 3.05) is 13.2 Å². The Morgan fingerprint density at radius 2 is 2.00 bits per heavy atom. The largest absolute Gasteiger partial charge is 0.380 e. The number of carbonyl (C=O) groups excluding carboxylic acids is 1. The number of ether oxygens (including phenoxy) is 1. The highest BCUT2D eigenvalue weighted by Crippen LogP contribution is 2.46. The molecule has 0 bridgehead atoms. The lowest BCUT2D eigenvalue weighted by Crippen LogP contribution is -2.59. The molecule has 3 heteroatoms. The van der Waals surface area contributed by atoms with E-state index in [0.717, 1.165) is 37.2 Å². The highest BCUT2D eigenvalue weighted by atomic mass is 16.5. The number of carbonyl (C=O) groups is 1. The Kier molecular flexibility index (Phi) is 3.09. The van der Waals surface area contributed by atoms with Crippen LogP contribution < -0.4 is 5.32 Å². The summed E-state index contributed by atoms with van der Waals surface area (Å²) in [4.78, 5) is 12.3. The van der Waals surface area contributed by atoms with Crippen molar-refractivity contribution in [2.24, 2.45) is 5.41 Å². The first-order valence-corrected chi connectivity index (χ1v) is 7.07. The third kappa shape index (κ3) is 2.27. The summed E-state index contributed by atoms with van der Waals surface area (Å²) >= 11 is 0. The Labute approximate surface area is 114 Å². The van der Waals surface area contributed by atoms with Gasteiger partial charge in [-0.25, -0.2) is 0 Å². The predicted octanol–water partition coefficient (Wildman–Crippen LogP) is 2.72. The molecule has 1 heterocycles. The van der Waals surface area contributed by atoms with Gasteiger partial charge in [0, 0.05) is 17.0 Å². The molecule has 102 valence electrons. The molecule has 2 fully saturated rings. The van der Waals surface area contributed by atoms with E-state index in [1.807, 2.05) is 24.3 Å². The van der Waals surface area contributed by atoms with Crippen molar-refractivity contribution < 1.29 is 9.53 Å². The molecular weight excluding hydrogens is 238 g/mol. The molecular formula is C16H21NO2. The summed E-state index contributed by atoms with van der Waals surface area (Å²) < 4.78 is 5.26. The zero-order chi connectivity index (χ0) is 13.5. The quantitative estimate of drug-likeness (QED) is 0.906. The maximum Gasteiger partial charge on any atom is 0.251 e. The van der Waals surface area contributed by atoms with Gasteiger partial charge in [-0.1, -0.05) is 32.0 Å². The molecule has 2 aliphatic rings. The van der Waals surface area contributed by atoms with Crippen LogP contribution in [0.4, 0.5) is 0 Å². The minimum atomic E-state index is 0.0735. The molecule has 1 aromatic rings. The van der Waals surface area contributed by atoms with Gasteiger partial charge < -0.3 is 10.1 Å². The van der Waals surface area contributed by atoms with Crippen molar-refractivity contribution in [3.05, 3.63) is 35.4 Å². The maximum atomic E-state index is 12.3. The van der Waals surface area contributed by atoms with Crippen LogP contribution in [0.5, 0.6) is 0 Å². The Morgan fingerprint density at radius 3 is 2.58 bits per heavy atom. The summed E-state index contributed by atoms with van der Waals surface area (Å²) in [5.74, 6) is 0.444. The average Bonchev–Trinajstić information content (AvgIpc) is 2.30. The van der Waals surface area contributed by atoms with Crippen LogP contribution in [-0.4, -0.2) is 25.2 Å².